The monoisotopic (exact) mass is 500 g/mol. The lowest BCUT2D eigenvalue weighted by Crippen LogP contribution is -2.26. The summed E-state index contributed by atoms with van der Waals surface area (Å²) >= 11 is 0. The number of nitrogens with one attached hydrogen (secondary N) is 2. The predicted molar refractivity (Wildman–Crippen MR) is 150 cm³/mol. The summed E-state index contributed by atoms with van der Waals surface area (Å²) in [4.78, 5) is 42.8. The van der Waals surface area contributed by atoms with Crippen LogP contribution in [0.4, 0.5) is 5.82 Å². The number of aromatic amines is 1. The van der Waals surface area contributed by atoms with E-state index in [2.05, 4.69) is 25.3 Å². The Morgan fingerprint density at radius 3 is 2.53 bits per heavy atom. The standard InChI is InChI=1S/C30H24N6O2/c1-18-11-12-21(16-32-18)23-10-6-7-20-15-24(36(30(38)26(20)23)22-8-4-3-5-9-22)19(2)35-29-27-25(37)13-14-31-28(27)33-17-34-29/h3-17,19H,1-2H3,(H2,31,33,34,35,37)/t19-/m0/s1. The molecule has 0 aliphatic heterocycles. The van der Waals surface area contributed by atoms with Crippen molar-refractivity contribution in [3.63, 3.8) is 0 Å². The maximum Gasteiger partial charge on any atom is 0.263 e. The van der Waals surface area contributed by atoms with Crippen molar-refractivity contribution in [3.05, 3.63) is 123 Å². The number of rotatable bonds is 5. The zero-order valence-electron chi connectivity index (χ0n) is 20.8. The first-order valence-corrected chi connectivity index (χ1v) is 12.3. The smallest absolute Gasteiger partial charge is 0.263 e. The van der Waals surface area contributed by atoms with Gasteiger partial charge >= 0.3 is 0 Å². The average molecular weight is 501 g/mol. The first-order chi connectivity index (χ1) is 18.5. The lowest BCUT2D eigenvalue weighted by atomic mass is 9.98. The lowest BCUT2D eigenvalue weighted by Gasteiger charge is -2.22. The third-order valence-corrected chi connectivity index (χ3v) is 6.66. The Balaban J connectivity index is 1.57. The molecule has 0 unspecified atom stereocenters. The summed E-state index contributed by atoms with van der Waals surface area (Å²) in [7, 11) is 0. The predicted octanol–water partition coefficient (Wildman–Crippen LogP) is 5.17. The van der Waals surface area contributed by atoms with E-state index in [1.54, 1.807) is 17.0 Å². The summed E-state index contributed by atoms with van der Waals surface area (Å²) in [5.74, 6) is 0.399. The minimum absolute atomic E-state index is 0.140. The van der Waals surface area contributed by atoms with E-state index >= 15 is 0 Å². The number of fused-ring (bicyclic) bond motifs is 2. The highest BCUT2D eigenvalue weighted by Gasteiger charge is 2.20. The number of aryl methyl sites for hydroxylation is 1. The highest BCUT2D eigenvalue weighted by atomic mass is 16.1. The number of aromatic nitrogens is 5. The zero-order chi connectivity index (χ0) is 26.2. The number of nitrogens with zero attached hydrogens (tertiary/aromatic N) is 4. The van der Waals surface area contributed by atoms with Crippen LogP contribution in [0, 0.1) is 6.92 Å². The van der Waals surface area contributed by atoms with E-state index in [-0.39, 0.29) is 17.0 Å². The molecule has 0 amide bonds. The maximum atomic E-state index is 14.3. The number of pyridine rings is 3. The highest BCUT2D eigenvalue weighted by molar-refractivity contribution is 5.96. The van der Waals surface area contributed by atoms with Crippen LogP contribution in [-0.2, 0) is 0 Å². The van der Waals surface area contributed by atoms with Crippen LogP contribution in [-0.4, -0.2) is 24.5 Å². The quantitative estimate of drug-likeness (QED) is 0.339. The van der Waals surface area contributed by atoms with Gasteiger partial charge in [0.1, 0.15) is 23.2 Å². The van der Waals surface area contributed by atoms with Gasteiger partial charge in [-0.25, -0.2) is 9.97 Å². The van der Waals surface area contributed by atoms with Crippen LogP contribution in [0.3, 0.4) is 0 Å². The number of benzene rings is 2. The Kier molecular flexibility index (Phi) is 5.76. The van der Waals surface area contributed by atoms with Gasteiger partial charge < -0.3 is 10.3 Å². The van der Waals surface area contributed by atoms with Gasteiger partial charge in [0.25, 0.3) is 5.56 Å². The number of hydrogen-bond acceptors (Lipinski definition) is 6. The molecule has 0 aliphatic rings. The van der Waals surface area contributed by atoms with Crippen LogP contribution in [0.2, 0.25) is 0 Å². The highest BCUT2D eigenvalue weighted by Crippen LogP contribution is 2.30. The molecule has 6 rings (SSSR count). The fourth-order valence-corrected chi connectivity index (χ4v) is 4.81. The van der Waals surface area contributed by atoms with Gasteiger partial charge in [0, 0.05) is 41.1 Å². The van der Waals surface area contributed by atoms with Gasteiger partial charge in [-0.15, -0.1) is 0 Å². The third-order valence-electron chi connectivity index (χ3n) is 6.66. The SMILES string of the molecule is Cc1ccc(-c2cccc3cc([C@H](C)Nc4ncnc5[nH]ccc(=O)c45)n(-c4ccccc4)c(=O)c23)cn1. The Morgan fingerprint density at radius 1 is 0.895 bits per heavy atom. The molecule has 0 fully saturated rings. The molecule has 186 valence electrons. The zero-order valence-corrected chi connectivity index (χ0v) is 20.8. The molecule has 6 aromatic rings. The average Bonchev–Trinajstić information content (AvgIpc) is 2.93. The van der Waals surface area contributed by atoms with Crippen molar-refractivity contribution in [2.24, 2.45) is 0 Å². The molecule has 38 heavy (non-hydrogen) atoms. The Hall–Kier alpha value is -5.11. The van der Waals surface area contributed by atoms with E-state index in [4.69, 9.17) is 0 Å². The summed E-state index contributed by atoms with van der Waals surface area (Å²) < 4.78 is 1.72. The van der Waals surface area contributed by atoms with E-state index in [0.717, 1.165) is 33.6 Å². The van der Waals surface area contributed by atoms with Gasteiger partial charge in [-0.3, -0.25) is 19.1 Å². The number of para-hydroxylation sites is 1. The first kappa shape index (κ1) is 23.3. The molecule has 0 radical (unpaired) electrons. The van der Waals surface area contributed by atoms with Gasteiger partial charge in [-0.05, 0) is 49.1 Å². The Labute approximate surface area is 217 Å². The minimum Gasteiger partial charge on any atom is -0.361 e. The molecule has 1 atom stereocenters. The summed E-state index contributed by atoms with van der Waals surface area (Å²) in [5, 5.41) is 5.15. The normalized spacial score (nSPS) is 12.1. The summed E-state index contributed by atoms with van der Waals surface area (Å²) in [5.41, 5.74) is 4.20. The second-order valence-electron chi connectivity index (χ2n) is 9.16. The number of H-pyrrole nitrogens is 1. The molecule has 2 N–H and O–H groups in total. The molecule has 4 heterocycles. The van der Waals surface area contributed by atoms with Gasteiger partial charge in [0.05, 0.1) is 11.4 Å². The van der Waals surface area contributed by atoms with Crippen molar-refractivity contribution in [1.82, 2.24) is 24.5 Å². The van der Waals surface area contributed by atoms with E-state index in [1.807, 2.05) is 80.6 Å². The Morgan fingerprint density at radius 2 is 1.74 bits per heavy atom. The number of hydrogen-bond donors (Lipinski definition) is 2. The van der Waals surface area contributed by atoms with Gasteiger partial charge in [-0.1, -0.05) is 42.5 Å². The molecular formula is C30H24N6O2. The van der Waals surface area contributed by atoms with Crippen LogP contribution >= 0.6 is 0 Å². The maximum absolute atomic E-state index is 14.3. The molecule has 0 bridgehead atoms. The van der Waals surface area contributed by atoms with Crippen LogP contribution in [0.5, 0.6) is 0 Å². The van der Waals surface area contributed by atoms with Crippen molar-refractivity contribution >= 4 is 27.6 Å². The Bertz CT molecular complexity index is 1910. The molecule has 0 spiro atoms. The first-order valence-electron chi connectivity index (χ1n) is 12.3. The van der Waals surface area contributed by atoms with E-state index in [9.17, 15) is 9.59 Å². The molecule has 2 aromatic carbocycles. The molecule has 4 aromatic heterocycles. The summed E-state index contributed by atoms with van der Waals surface area (Å²) in [6.45, 7) is 3.88. The third kappa shape index (κ3) is 4.02. The molecule has 0 aliphatic carbocycles. The summed E-state index contributed by atoms with van der Waals surface area (Å²) in [6, 6.07) is 22.4. The van der Waals surface area contributed by atoms with Crippen LogP contribution in [0.15, 0.2) is 101 Å². The van der Waals surface area contributed by atoms with E-state index < -0.39 is 0 Å². The van der Waals surface area contributed by atoms with E-state index in [0.29, 0.717) is 22.2 Å². The van der Waals surface area contributed by atoms with Crippen molar-refractivity contribution in [2.45, 2.75) is 19.9 Å². The molecule has 0 saturated heterocycles. The molecule has 8 heteroatoms. The number of anilines is 1. The second-order valence-corrected chi connectivity index (χ2v) is 9.16. The fourth-order valence-electron chi connectivity index (χ4n) is 4.81. The van der Waals surface area contributed by atoms with Gasteiger partial charge in [0.2, 0.25) is 0 Å². The van der Waals surface area contributed by atoms with Crippen molar-refractivity contribution < 1.29 is 0 Å². The largest absolute Gasteiger partial charge is 0.361 e. The van der Waals surface area contributed by atoms with Crippen molar-refractivity contribution in [2.75, 3.05) is 5.32 Å². The van der Waals surface area contributed by atoms with E-state index in [1.165, 1.54) is 12.4 Å². The molecule has 0 saturated carbocycles. The van der Waals surface area contributed by atoms with Crippen LogP contribution in [0.1, 0.15) is 24.4 Å². The van der Waals surface area contributed by atoms with Crippen LogP contribution < -0.4 is 16.3 Å². The van der Waals surface area contributed by atoms with Gasteiger partial charge in [0.15, 0.2) is 5.43 Å². The lowest BCUT2D eigenvalue weighted by molar-refractivity contribution is 0.774. The molecule has 8 nitrogen and oxygen atoms in total. The van der Waals surface area contributed by atoms with Gasteiger partial charge in [-0.2, -0.15) is 0 Å². The van der Waals surface area contributed by atoms with Crippen molar-refractivity contribution in [3.8, 4) is 16.8 Å². The summed E-state index contributed by atoms with van der Waals surface area (Å²) in [6.07, 6.45) is 4.76. The minimum atomic E-state index is -0.380. The van der Waals surface area contributed by atoms with Crippen molar-refractivity contribution in [1.29, 1.82) is 0 Å². The van der Waals surface area contributed by atoms with Crippen LogP contribution in [0.25, 0.3) is 38.6 Å². The second kappa shape index (κ2) is 9.40. The topological polar surface area (TPSA) is 106 Å². The fraction of sp³-hybridized carbons (Fsp3) is 0.100. The molecular weight excluding hydrogens is 476 g/mol.